The van der Waals surface area contributed by atoms with Crippen molar-refractivity contribution in [2.24, 2.45) is 5.41 Å². The molecule has 0 N–H and O–H groups in total. The summed E-state index contributed by atoms with van der Waals surface area (Å²) >= 11 is 0. The average molecular weight is 400 g/mol. The summed E-state index contributed by atoms with van der Waals surface area (Å²) in [4.78, 5) is 35.3. The van der Waals surface area contributed by atoms with E-state index in [2.05, 4.69) is 9.97 Å². The number of anilines is 1. The second-order valence-corrected chi connectivity index (χ2v) is 8.19. The van der Waals surface area contributed by atoms with E-state index < -0.39 is 29.0 Å². The third-order valence-corrected chi connectivity index (χ3v) is 5.06. The van der Waals surface area contributed by atoms with E-state index in [4.69, 9.17) is 4.74 Å². The number of ether oxygens (including phenoxy) is 1. The molecule has 3 heterocycles. The Morgan fingerprint density at radius 2 is 1.75 bits per heavy atom. The van der Waals surface area contributed by atoms with Gasteiger partial charge in [-0.25, -0.2) is 14.8 Å². The second kappa shape index (κ2) is 6.89. The van der Waals surface area contributed by atoms with Gasteiger partial charge in [-0.05, 0) is 46.1 Å². The Balaban J connectivity index is 1.69. The Bertz CT molecular complexity index is 768. The van der Waals surface area contributed by atoms with Gasteiger partial charge in [0.1, 0.15) is 11.3 Å². The van der Waals surface area contributed by atoms with Crippen LogP contribution in [0.4, 0.5) is 23.9 Å². The Hall–Kier alpha value is -2.39. The smallest absolute Gasteiger partial charge is 0.433 e. The third kappa shape index (κ3) is 4.05. The lowest BCUT2D eigenvalue weighted by atomic mass is 9.77. The van der Waals surface area contributed by atoms with Crippen LogP contribution in [-0.4, -0.2) is 52.1 Å². The van der Waals surface area contributed by atoms with E-state index in [-0.39, 0.29) is 18.4 Å². The Kier molecular flexibility index (Phi) is 5.01. The van der Waals surface area contributed by atoms with E-state index in [0.29, 0.717) is 32.4 Å². The maximum absolute atomic E-state index is 13.0. The molecule has 0 radical (unpaired) electrons. The van der Waals surface area contributed by atoms with Gasteiger partial charge in [0.25, 0.3) is 0 Å². The number of rotatable bonds is 1. The van der Waals surface area contributed by atoms with Gasteiger partial charge in [0, 0.05) is 25.8 Å². The molecule has 7 nitrogen and oxygen atoms in total. The molecule has 0 atom stereocenters. The maximum Gasteiger partial charge on any atom is 0.433 e. The van der Waals surface area contributed by atoms with Crippen molar-refractivity contribution in [1.29, 1.82) is 0 Å². The molecule has 0 saturated carbocycles. The van der Waals surface area contributed by atoms with E-state index in [1.807, 2.05) is 0 Å². The van der Waals surface area contributed by atoms with E-state index in [0.717, 1.165) is 12.3 Å². The van der Waals surface area contributed by atoms with Gasteiger partial charge >= 0.3 is 12.3 Å². The van der Waals surface area contributed by atoms with Gasteiger partial charge in [-0.15, -0.1) is 0 Å². The van der Waals surface area contributed by atoms with Gasteiger partial charge in [0.05, 0.1) is 5.41 Å². The van der Waals surface area contributed by atoms with Crippen molar-refractivity contribution in [2.75, 3.05) is 24.5 Å². The summed E-state index contributed by atoms with van der Waals surface area (Å²) in [7, 11) is 0. The molecule has 3 rings (SSSR count). The summed E-state index contributed by atoms with van der Waals surface area (Å²) in [5.41, 5.74) is -2.38. The molecule has 2 saturated heterocycles. The van der Waals surface area contributed by atoms with Crippen LogP contribution in [0.15, 0.2) is 12.3 Å². The van der Waals surface area contributed by atoms with Gasteiger partial charge in [-0.2, -0.15) is 13.2 Å². The Morgan fingerprint density at radius 1 is 1.14 bits per heavy atom. The van der Waals surface area contributed by atoms with Crippen molar-refractivity contribution in [3.63, 3.8) is 0 Å². The summed E-state index contributed by atoms with van der Waals surface area (Å²) < 4.78 is 44.0. The predicted molar refractivity (Wildman–Crippen MR) is 93.5 cm³/mol. The molecule has 1 aromatic heterocycles. The first-order chi connectivity index (χ1) is 12.9. The first-order valence-electron chi connectivity index (χ1n) is 9.11. The largest absolute Gasteiger partial charge is 0.444 e. The number of piperidine rings is 1. The lowest BCUT2D eigenvalue weighted by Crippen LogP contribution is -2.48. The van der Waals surface area contributed by atoms with Crippen molar-refractivity contribution in [2.45, 2.75) is 51.8 Å². The van der Waals surface area contributed by atoms with Crippen LogP contribution in [0.3, 0.4) is 0 Å². The van der Waals surface area contributed by atoms with Gasteiger partial charge in [-0.1, -0.05) is 0 Å². The minimum absolute atomic E-state index is 0.230. The highest BCUT2D eigenvalue weighted by Crippen LogP contribution is 2.43. The summed E-state index contributed by atoms with van der Waals surface area (Å²) in [6.07, 6.45) is -2.66. The van der Waals surface area contributed by atoms with Crippen molar-refractivity contribution in [3.05, 3.63) is 18.0 Å². The number of nitrogens with zero attached hydrogens (tertiary/aromatic N) is 4. The summed E-state index contributed by atoms with van der Waals surface area (Å²) in [5.74, 6) is -0.512. The topological polar surface area (TPSA) is 75.6 Å². The van der Waals surface area contributed by atoms with Crippen LogP contribution >= 0.6 is 0 Å². The summed E-state index contributed by atoms with van der Waals surface area (Å²) in [6, 6.07) is 0.777. The standard InChI is InChI=1S/C18H23F3N4O3/c1-16(2,3)28-15(27)24-9-5-17(6-10-24)7-11-25(13(17)26)14-22-8-4-12(23-14)18(19,20)21/h4,8H,5-7,9-11H2,1-3H3. The quantitative estimate of drug-likeness (QED) is 0.723. The molecule has 0 unspecified atom stereocenters. The lowest BCUT2D eigenvalue weighted by Gasteiger charge is -2.38. The number of alkyl halides is 3. The van der Waals surface area contributed by atoms with Crippen LogP contribution in [0.5, 0.6) is 0 Å². The molecule has 1 spiro atoms. The highest BCUT2D eigenvalue weighted by molar-refractivity contribution is 5.98. The zero-order valence-corrected chi connectivity index (χ0v) is 16.0. The summed E-state index contributed by atoms with van der Waals surface area (Å²) in [5, 5.41) is 0. The number of hydrogen-bond acceptors (Lipinski definition) is 5. The van der Waals surface area contributed by atoms with E-state index in [1.165, 1.54) is 4.90 Å². The van der Waals surface area contributed by atoms with E-state index in [1.54, 1.807) is 25.7 Å². The van der Waals surface area contributed by atoms with Gasteiger partial charge < -0.3 is 9.64 Å². The first kappa shape index (κ1) is 20.3. The number of carbonyl (C=O) groups excluding carboxylic acids is 2. The number of hydrogen-bond donors (Lipinski definition) is 0. The molecule has 154 valence electrons. The first-order valence-corrected chi connectivity index (χ1v) is 9.11. The van der Waals surface area contributed by atoms with Gasteiger partial charge in [0.2, 0.25) is 11.9 Å². The van der Waals surface area contributed by atoms with Crippen LogP contribution in [0.25, 0.3) is 0 Å². The minimum atomic E-state index is -4.60. The molecule has 1 aromatic rings. The number of halogens is 3. The van der Waals surface area contributed by atoms with Crippen LogP contribution in [0.1, 0.15) is 45.7 Å². The van der Waals surface area contributed by atoms with Crippen molar-refractivity contribution in [1.82, 2.24) is 14.9 Å². The van der Waals surface area contributed by atoms with E-state index >= 15 is 0 Å². The van der Waals surface area contributed by atoms with Crippen molar-refractivity contribution < 1.29 is 27.5 Å². The Labute approximate surface area is 160 Å². The molecule has 10 heteroatoms. The molecule has 2 amide bonds. The SMILES string of the molecule is CC(C)(C)OC(=O)N1CCC2(CC1)CCN(c1nccc(C(F)(F)F)n1)C2=O. The zero-order chi connectivity index (χ0) is 20.7. The molecule has 0 aromatic carbocycles. The van der Waals surface area contributed by atoms with Crippen LogP contribution in [0.2, 0.25) is 0 Å². The fourth-order valence-electron chi connectivity index (χ4n) is 3.56. The number of amides is 2. The molecular formula is C18H23F3N4O3. The van der Waals surface area contributed by atoms with Gasteiger partial charge in [-0.3, -0.25) is 9.69 Å². The number of likely N-dealkylation sites (tertiary alicyclic amines) is 1. The molecular weight excluding hydrogens is 377 g/mol. The molecule has 2 aliphatic heterocycles. The lowest BCUT2D eigenvalue weighted by molar-refractivity contribution is -0.141. The molecule has 0 aliphatic carbocycles. The second-order valence-electron chi connectivity index (χ2n) is 8.19. The normalized spacial score (nSPS) is 20.0. The predicted octanol–water partition coefficient (Wildman–Crippen LogP) is 3.25. The fraction of sp³-hybridized carbons (Fsp3) is 0.667. The maximum atomic E-state index is 13.0. The zero-order valence-electron chi connectivity index (χ0n) is 16.0. The van der Waals surface area contributed by atoms with Crippen LogP contribution in [-0.2, 0) is 15.7 Å². The molecule has 0 bridgehead atoms. The van der Waals surface area contributed by atoms with Crippen LogP contribution in [0, 0.1) is 5.41 Å². The Morgan fingerprint density at radius 3 is 2.32 bits per heavy atom. The fourth-order valence-corrected chi connectivity index (χ4v) is 3.56. The molecule has 2 fully saturated rings. The summed E-state index contributed by atoms with van der Waals surface area (Å²) in [6.45, 7) is 6.32. The monoisotopic (exact) mass is 400 g/mol. The highest BCUT2D eigenvalue weighted by Gasteiger charge is 2.50. The molecule has 2 aliphatic rings. The highest BCUT2D eigenvalue weighted by atomic mass is 19.4. The number of aromatic nitrogens is 2. The molecule has 28 heavy (non-hydrogen) atoms. The van der Waals surface area contributed by atoms with Crippen molar-refractivity contribution >= 4 is 17.9 Å². The van der Waals surface area contributed by atoms with E-state index in [9.17, 15) is 22.8 Å². The van der Waals surface area contributed by atoms with Crippen molar-refractivity contribution in [3.8, 4) is 0 Å². The van der Waals surface area contributed by atoms with Gasteiger partial charge in [0.15, 0.2) is 0 Å². The third-order valence-electron chi connectivity index (χ3n) is 5.06. The van der Waals surface area contributed by atoms with Crippen LogP contribution < -0.4 is 4.90 Å². The minimum Gasteiger partial charge on any atom is -0.444 e. The number of carbonyl (C=O) groups is 2. The average Bonchev–Trinajstić information content (AvgIpc) is 2.90.